The van der Waals surface area contributed by atoms with Gasteiger partial charge in [0.25, 0.3) is 0 Å². The van der Waals surface area contributed by atoms with Gasteiger partial charge < -0.3 is 21.9 Å². The Balaban J connectivity index is 0.00000256. The smallest absolute Gasteiger partial charge is 0.408 e. The first kappa shape index (κ1) is 21.9. The second kappa shape index (κ2) is 10.8. The minimum Gasteiger partial charge on any atom is -1.00 e. The van der Waals surface area contributed by atoms with Gasteiger partial charge in [0.15, 0.2) is 0 Å². The second-order valence-electron chi connectivity index (χ2n) is 6.84. The molecule has 4 rings (SSSR count). The number of hydrogen-bond donors (Lipinski definition) is 0. The number of azo groups is 1. The fraction of sp³-hybridized carbons (Fsp3) is 0.125. The average molecular weight is 479 g/mol. The van der Waals surface area contributed by atoms with Crippen LogP contribution in [0.4, 0.5) is 16.5 Å². The monoisotopic (exact) mass is 478 g/mol. The fourth-order valence-electron chi connectivity index (χ4n) is 3.10. The second-order valence-corrected chi connectivity index (χ2v) is 7.71. The summed E-state index contributed by atoms with van der Waals surface area (Å²) in [7, 11) is 1.97. The van der Waals surface area contributed by atoms with Gasteiger partial charge in [0.05, 0.1) is 12.2 Å². The number of aromatic nitrogens is 1. The van der Waals surface area contributed by atoms with Crippen LogP contribution >= 0.6 is 11.3 Å². The predicted molar refractivity (Wildman–Crippen MR) is 119 cm³/mol. The van der Waals surface area contributed by atoms with Crippen LogP contribution in [0.5, 0.6) is 0 Å². The van der Waals surface area contributed by atoms with E-state index in [1.165, 1.54) is 16.8 Å². The molecule has 1 heterocycles. The highest BCUT2D eigenvalue weighted by Crippen LogP contribution is 2.25. The van der Waals surface area contributed by atoms with E-state index < -0.39 is 0 Å². The number of thiazole rings is 1. The van der Waals surface area contributed by atoms with Crippen molar-refractivity contribution in [3.8, 4) is 0 Å². The molecular weight excluding hydrogens is 456 g/mol. The lowest BCUT2D eigenvalue weighted by molar-refractivity contribution is -0.654. The Kier molecular flexibility index (Phi) is 7.88. The number of anilines is 1. The predicted octanol–water partition coefficient (Wildman–Crippen LogP) is 3.20. The van der Waals surface area contributed by atoms with Crippen LogP contribution in [0.3, 0.4) is 0 Å². The van der Waals surface area contributed by atoms with Crippen LogP contribution in [-0.4, -0.2) is 0 Å². The molecule has 6 heteroatoms. The van der Waals surface area contributed by atoms with Gasteiger partial charge in [-0.15, -0.1) is 0 Å². The summed E-state index contributed by atoms with van der Waals surface area (Å²) in [5, 5.41) is 11.6. The van der Waals surface area contributed by atoms with Gasteiger partial charge in [0, 0.05) is 24.2 Å². The van der Waals surface area contributed by atoms with Crippen molar-refractivity contribution < 1.29 is 21.5 Å². The molecule has 0 saturated heterocycles. The summed E-state index contributed by atoms with van der Waals surface area (Å²) in [5.74, 6) is 0. The van der Waals surface area contributed by atoms with Crippen molar-refractivity contribution in [2.45, 2.75) is 13.1 Å². The molecule has 152 valence electrons. The van der Waals surface area contributed by atoms with E-state index in [1.807, 2.05) is 35.3 Å². The zero-order chi connectivity index (χ0) is 19.9. The van der Waals surface area contributed by atoms with Gasteiger partial charge in [-0.2, -0.15) is 0 Å². The normalized spacial score (nSPS) is 10.7. The summed E-state index contributed by atoms with van der Waals surface area (Å²) in [6.45, 7) is 1.70. The highest BCUT2D eigenvalue weighted by Gasteiger charge is 2.10. The van der Waals surface area contributed by atoms with E-state index in [0.29, 0.717) is 0 Å². The van der Waals surface area contributed by atoms with E-state index in [1.54, 1.807) is 11.3 Å². The zero-order valence-electron chi connectivity index (χ0n) is 16.7. The highest BCUT2D eigenvalue weighted by atomic mass is 79.9. The first-order chi connectivity index (χ1) is 14.3. The Morgan fingerprint density at radius 1 is 0.767 bits per heavy atom. The van der Waals surface area contributed by atoms with E-state index in [-0.39, 0.29) is 17.0 Å². The third kappa shape index (κ3) is 5.84. The maximum absolute atomic E-state index is 4.37. The van der Waals surface area contributed by atoms with Crippen molar-refractivity contribution in [1.29, 1.82) is 0 Å². The maximum Gasteiger partial charge on any atom is 0.408 e. The molecule has 4 aromatic rings. The lowest BCUT2D eigenvalue weighted by Crippen LogP contribution is -3.00. The molecule has 0 amide bonds. The Hall–Kier alpha value is -2.83. The zero-order valence-corrected chi connectivity index (χ0v) is 19.1. The van der Waals surface area contributed by atoms with Gasteiger partial charge in [-0.05, 0) is 51.8 Å². The van der Waals surface area contributed by atoms with E-state index in [9.17, 15) is 0 Å². The van der Waals surface area contributed by atoms with Gasteiger partial charge in [0.1, 0.15) is 11.9 Å². The van der Waals surface area contributed by atoms with Gasteiger partial charge in [-0.25, -0.2) is 4.57 Å². The van der Waals surface area contributed by atoms with Crippen molar-refractivity contribution in [3.63, 3.8) is 0 Å². The van der Waals surface area contributed by atoms with Gasteiger partial charge in [-0.1, -0.05) is 60.7 Å². The topological polar surface area (TPSA) is 31.8 Å². The summed E-state index contributed by atoms with van der Waals surface area (Å²) in [5.41, 5.74) is 4.59. The Morgan fingerprint density at radius 2 is 1.33 bits per heavy atom. The Morgan fingerprint density at radius 3 is 1.83 bits per heavy atom. The molecule has 0 bridgehead atoms. The first-order valence-electron chi connectivity index (χ1n) is 9.56. The number of nitrogens with zero attached hydrogens (tertiary/aromatic N) is 4. The number of benzene rings is 3. The molecule has 0 aliphatic heterocycles. The summed E-state index contributed by atoms with van der Waals surface area (Å²) < 4.78 is 1.96. The SMILES string of the molecule is C[n+]1ccsc1/N=N/c1ccc(N(Cc2ccccc2)Cc2ccccc2)cc1.[Br-]. The van der Waals surface area contributed by atoms with E-state index >= 15 is 0 Å². The molecule has 4 nitrogen and oxygen atoms in total. The molecule has 0 radical (unpaired) electrons. The molecule has 0 saturated carbocycles. The van der Waals surface area contributed by atoms with Crippen LogP contribution < -0.4 is 26.4 Å². The molecule has 0 aliphatic carbocycles. The highest BCUT2D eigenvalue weighted by molar-refractivity contribution is 7.12. The fourth-order valence-corrected chi connectivity index (χ4v) is 3.78. The Bertz CT molecular complexity index is 1020. The van der Waals surface area contributed by atoms with Crippen LogP contribution in [0.1, 0.15) is 11.1 Å². The molecule has 0 aliphatic rings. The van der Waals surface area contributed by atoms with Crippen LogP contribution in [-0.2, 0) is 20.1 Å². The largest absolute Gasteiger partial charge is 1.00 e. The van der Waals surface area contributed by atoms with E-state index in [4.69, 9.17) is 0 Å². The Labute approximate surface area is 191 Å². The molecule has 0 fully saturated rings. The minimum atomic E-state index is 0. The molecule has 1 aromatic heterocycles. The minimum absolute atomic E-state index is 0. The van der Waals surface area contributed by atoms with Crippen LogP contribution in [0, 0.1) is 0 Å². The third-order valence-electron chi connectivity index (χ3n) is 4.66. The van der Waals surface area contributed by atoms with Gasteiger partial charge in [-0.3, -0.25) is 0 Å². The van der Waals surface area contributed by atoms with Gasteiger partial charge >= 0.3 is 5.13 Å². The molecule has 0 unspecified atom stereocenters. The maximum atomic E-state index is 4.37. The van der Waals surface area contributed by atoms with Crippen molar-refractivity contribution in [3.05, 3.63) is 108 Å². The first-order valence-corrected chi connectivity index (χ1v) is 10.4. The van der Waals surface area contributed by atoms with Crippen molar-refractivity contribution in [2.24, 2.45) is 17.3 Å². The molecule has 30 heavy (non-hydrogen) atoms. The van der Waals surface area contributed by atoms with E-state index in [0.717, 1.165) is 23.9 Å². The summed E-state index contributed by atoms with van der Waals surface area (Å²) in [4.78, 5) is 2.38. The lowest BCUT2D eigenvalue weighted by atomic mass is 10.1. The summed E-state index contributed by atoms with van der Waals surface area (Å²) >= 11 is 1.57. The summed E-state index contributed by atoms with van der Waals surface area (Å²) in [6.07, 6.45) is 1.98. The van der Waals surface area contributed by atoms with Crippen molar-refractivity contribution in [1.82, 2.24) is 0 Å². The molecule has 0 atom stereocenters. The van der Waals surface area contributed by atoms with Crippen LogP contribution in [0.15, 0.2) is 107 Å². The average Bonchev–Trinajstić information content (AvgIpc) is 3.18. The van der Waals surface area contributed by atoms with E-state index in [2.05, 4.69) is 87.9 Å². The number of aryl methyl sites for hydroxylation is 1. The number of hydrogen-bond acceptors (Lipinski definition) is 4. The summed E-state index contributed by atoms with van der Waals surface area (Å²) in [6, 6.07) is 29.4. The number of halogens is 1. The molecule has 3 aromatic carbocycles. The van der Waals surface area contributed by atoms with Crippen LogP contribution in [0.25, 0.3) is 0 Å². The lowest BCUT2D eigenvalue weighted by Gasteiger charge is -2.25. The van der Waals surface area contributed by atoms with Crippen molar-refractivity contribution in [2.75, 3.05) is 4.90 Å². The third-order valence-corrected chi connectivity index (χ3v) is 5.50. The van der Waals surface area contributed by atoms with Crippen molar-refractivity contribution >= 4 is 27.8 Å². The van der Waals surface area contributed by atoms with Crippen LogP contribution in [0.2, 0.25) is 0 Å². The molecular formula is C24H23BrN4S. The van der Waals surface area contributed by atoms with Gasteiger partial charge in [0.2, 0.25) is 0 Å². The molecule has 0 N–H and O–H groups in total. The number of rotatable bonds is 7. The quantitative estimate of drug-likeness (QED) is 0.296. The molecule has 0 spiro atoms. The standard InChI is InChI=1S/C24H23N4S.BrH/c1-27-16-17-29-24(27)26-25-22-12-14-23(15-13-22)28(18-20-8-4-2-5-9-20)19-21-10-6-3-7-11-21;/h2-17H,18-19H2,1H3;1H/q+1;/p-1.